The third-order valence-corrected chi connectivity index (χ3v) is 4.56. The first kappa shape index (κ1) is 20.9. The zero-order valence-corrected chi connectivity index (χ0v) is 17.1. The number of hydrogen-bond donors (Lipinski definition) is 0. The second kappa shape index (κ2) is 10.1. The van der Waals surface area contributed by atoms with Gasteiger partial charge in [0.2, 0.25) is 0 Å². The van der Waals surface area contributed by atoms with Crippen LogP contribution in [-0.2, 0) is 25.5 Å². The van der Waals surface area contributed by atoms with Gasteiger partial charge in [0.1, 0.15) is 17.2 Å². The first-order chi connectivity index (χ1) is 12.9. The van der Waals surface area contributed by atoms with Crippen LogP contribution in [0.15, 0.2) is 42.6 Å². The molecule has 0 radical (unpaired) electrons. The van der Waals surface area contributed by atoms with Gasteiger partial charge in [0.05, 0.1) is 12.8 Å². The first-order valence-corrected chi connectivity index (χ1v) is 9.34. The molecule has 0 N–H and O–H groups in total. The SMILES string of the molecule is COC(=O)C(Br)Cc1ccc(OCC(OC(C)=O)c2ncccc2C)cc1. The molecule has 0 aliphatic heterocycles. The van der Waals surface area contributed by atoms with Gasteiger partial charge in [0.25, 0.3) is 0 Å². The van der Waals surface area contributed by atoms with E-state index in [9.17, 15) is 9.59 Å². The highest BCUT2D eigenvalue weighted by Crippen LogP contribution is 2.22. The van der Waals surface area contributed by atoms with Crippen LogP contribution in [0.2, 0.25) is 0 Å². The molecule has 0 saturated carbocycles. The normalized spacial score (nSPS) is 12.7. The number of rotatable bonds is 8. The fourth-order valence-corrected chi connectivity index (χ4v) is 3.08. The Morgan fingerprint density at radius 3 is 2.48 bits per heavy atom. The van der Waals surface area contributed by atoms with Crippen molar-refractivity contribution in [2.24, 2.45) is 0 Å². The molecule has 0 bridgehead atoms. The average Bonchev–Trinajstić information content (AvgIpc) is 2.65. The van der Waals surface area contributed by atoms with Crippen molar-refractivity contribution in [3.05, 3.63) is 59.4 Å². The quantitative estimate of drug-likeness (QED) is 0.466. The molecule has 0 saturated heterocycles. The summed E-state index contributed by atoms with van der Waals surface area (Å²) in [5.41, 5.74) is 2.56. The molecule has 0 fully saturated rings. The highest BCUT2D eigenvalue weighted by Gasteiger charge is 2.20. The van der Waals surface area contributed by atoms with E-state index in [2.05, 4.69) is 20.9 Å². The van der Waals surface area contributed by atoms with Crippen LogP contribution in [0.3, 0.4) is 0 Å². The van der Waals surface area contributed by atoms with Gasteiger partial charge in [-0.1, -0.05) is 34.1 Å². The fourth-order valence-electron chi connectivity index (χ4n) is 2.52. The molecule has 0 amide bonds. The Kier molecular flexibility index (Phi) is 7.79. The predicted octanol–water partition coefficient (Wildman–Crippen LogP) is 3.55. The van der Waals surface area contributed by atoms with E-state index in [0.717, 1.165) is 11.1 Å². The molecule has 27 heavy (non-hydrogen) atoms. The lowest BCUT2D eigenvalue weighted by molar-refractivity contribution is -0.148. The van der Waals surface area contributed by atoms with Crippen LogP contribution in [-0.4, -0.2) is 35.5 Å². The van der Waals surface area contributed by atoms with E-state index >= 15 is 0 Å². The topological polar surface area (TPSA) is 74.7 Å². The van der Waals surface area contributed by atoms with Gasteiger partial charge >= 0.3 is 11.9 Å². The number of ether oxygens (including phenoxy) is 3. The van der Waals surface area contributed by atoms with Crippen molar-refractivity contribution in [1.29, 1.82) is 0 Å². The number of carbonyl (C=O) groups excluding carboxylic acids is 2. The maximum Gasteiger partial charge on any atom is 0.319 e. The van der Waals surface area contributed by atoms with Gasteiger partial charge in [0.15, 0.2) is 6.10 Å². The summed E-state index contributed by atoms with van der Waals surface area (Å²) in [5.74, 6) is -0.0749. The lowest BCUT2D eigenvalue weighted by atomic mass is 10.1. The number of alkyl halides is 1. The molecule has 1 aromatic heterocycles. The number of halogens is 1. The van der Waals surface area contributed by atoms with E-state index in [-0.39, 0.29) is 12.6 Å². The Hall–Kier alpha value is -2.41. The van der Waals surface area contributed by atoms with Crippen LogP contribution in [0.5, 0.6) is 5.75 Å². The Morgan fingerprint density at radius 1 is 1.19 bits per heavy atom. The highest BCUT2D eigenvalue weighted by molar-refractivity contribution is 9.10. The molecule has 1 heterocycles. The summed E-state index contributed by atoms with van der Waals surface area (Å²) in [4.78, 5) is 26.8. The lowest BCUT2D eigenvalue weighted by Gasteiger charge is -2.19. The zero-order valence-electron chi connectivity index (χ0n) is 15.5. The van der Waals surface area contributed by atoms with Crippen molar-refractivity contribution in [3.63, 3.8) is 0 Å². The minimum atomic E-state index is -0.588. The number of aromatic nitrogens is 1. The van der Waals surface area contributed by atoms with Gasteiger partial charge in [-0.25, -0.2) is 0 Å². The third kappa shape index (κ3) is 6.36. The van der Waals surface area contributed by atoms with Crippen LogP contribution in [0.25, 0.3) is 0 Å². The Bertz CT molecular complexity index is 778. The maximum absolute atomic E-state index is 11.5. The van der Waals surface area contributed by atoms with Gasteiger partial charge in [-0.05, 0) is 42.7 Å². The number of benzene rings is 1. The molecule has 2 aromatic rings. The van der Waals surface area contributed by atoms with Crippen molar-refractivity contribution in [1.82, 2.24) is 4.98 Å². The van der Waals surface area contributed by atoms with Gasteiger partial charge in [-0.2, -0.15) is 0 Å². The molecule has 0 spiro atoms. The number of esters is 2. The number of pyridine rings is 1. The van der Waals surface area contributed by atoms with Crippen molar-refractivity contribution in [3.8, 4) is 5.75 Å². The highest BCUT2D eigenvalue weighted by atomic mass is 79.9. The van der Waals surface area contributed by atoms with E-state index < -0.39 is 16.9 Å². The van der Waals surface area contributed by atoms with Gasteiger partial charge < -0.3 is 14.2 Å². The number of aryl methyl sites for hydroxylation is 1. The van der Waals surface area contributed by atoms with E-state index in [0.29, 0.717) is 17.9 Å². The maximum atomic E-state index is 11.5. The van der Waals surface area contributed by atoms with Crippen molar-refractivity contribution >= 4 is 27.9 Å². The second-order valence-corrected chi connectivity index (χ2v) is 7.06. The van der Waals surface area contributed by atoms with Crippen molar-refractivity contribution in [2.75, 3.05) is 13.7 Å². The fraction of sp³-hybridized carbons (Fsp3) is 0.350. The summed E-state index contributed by atoms with van der Waals surface area (Å²) in [6, 6.07) is 11.1. The van der Waals surface area contributed by atoms with E-state index in [1.54, 1.807) is 6.20 Å². The standard InChI is InChI=1S/C20H22BrNO5/c1-13-5-4-10-22-19(13)18(27-14(2)23)12-26-16-8-6-15(7-9-16)11-17(21)20(24)25-3/h4-10,17-18H,11-12H2,1-3H3. The largest absolute Gasteiger partial charge is 0.489 e. The van der Waals surface area contributed by atoms with E-state index in [1.807, 2.05) is 43.3 Å². The molecular formula is C20H22BrNO5. The molecule has 0 aliphatic rings. The Morgan fingerprint density at radius 2 is 1.89 bits per heavy atom. The number of methoxy groups -OCH3 is 1. The summed E-state index contributed by atoms with van der Waals surface area (Å²) in [5, 5.41) is 0. The Labute approximate surface area is 167 Å². The smallest absolute Gasteiger partial charge is 0.319 e. The molecular weight excluding hydrogens is 414 g/mol. The van der Waals surface area contributed by atoms with Crippen molar-refractivity contribution in [2.45, 2.75) is 31.2 Å². The van der Waals surface area contributed by atoms with Crippen LogP contribution in [0.4, 0.5) is 0 Å². The van der Waals surface area contributed by atoms with Gasteiger partial charge in [-0.15, -0.1) is 0 Å². The lowest BCUT2D eigenvalue weighted by Crippen LogP contribution is -2.19. The third-order valence-electron chi connectivity index (χ3n) is 3.86. The second-order valence-electron chi connectivity index (χ2n) is 5.95. The molecule has 2 unspecified atom stereocenters. The minimum absolute atomic E-state index is 0.153. The molecule has 2 atom stereocenters. The summed E-state index contributed by atoms with van der Waals surface area (Å²) in [7, 11) is 1.36. The van der Waals surface area contributed by atoms with Crippen LogP contribution < -0.4 is 4.74 Å². The predicted molar refractivity (Wildman–Crippen MR) is 104 cm³/mol. The van der Waals surface area contributed by atoms with E-state index in [4.69, 9.17) is 14.2 Å². The van der Waals surface area contributed by atoms with Crippen LogP contribution in [0, 0.1) is 6.92 Å². The molecule has 0 aliphatic carbocycles. The molecule has 1 aromatic carbocycles. The molecule has 6 nitrogen and oxygen atoms in total. The first-order valence-electron chi connectivity index (χ1n) is 8.43. The Balaban J connectivity index is 2.01. The van der Waals surface area contributed by atoms with Crippen molar-refractivity contribution < 1.29 is 23.8 Å². The monoisotopic (exact) mass is 435 g/mol. The number of nitrogens with zero attached hydrogens (tertiary/aromatic N) is 1. The summed E-state index contributed by atoms with van der Waals surface area (Å²) < 4.78 is 15.9. The van der Waals surface area contributed by atoms with Gasteiger partial charge in [0, 0.05) is 13.1 Å². The van der Waals surface area contributed by atoms with E-state index in [1.165, 1.54) is 14.0 Å². The molecule has 144 valence electrons. The van der Waals surface area contributed by atoms with Crippen LogP contribution >= 0.6 is 15.9 Å². The summed E-state index contributed by atoms with van der Waals surface area (Å²) >= 11 is 3.30. The van der Waals surface area contributed by atoms with Gasteiger partial charge in [-0.3, -0.25) is 14.6 Å². The summed E-state index contributed by atoms with van der Waals surface area (Å²) in [6.07, 6.45) is 1.58. The number of carbonyl (C=O) groups is 2. The molecule has 2 rings (SSSR count). The summed E-state index contributed by atoms with van der Waals surface area (Å²) in [6.45, 7) is 3.42. The average molecular weight is 436 g/mol. The van der Waals surface area contributed by atoms with Crippen LogP contribution in [0.1, 0.15) is 29.8 Å². The number of hydrogen-bond acceptors (Lipinski definition) is 6. The zero-order chi connectivity index (χ0) is 19.8. The minimum Gasteiger partial charge on any atom is -0.489 e. The molecule has 7 heteroatoms.